The number of aryl methyl sites for hydroxylation is 1. The monoisotopic (exact) mass is 704 g/mol. The van der Waals surface area contributed by atoms with Gasteiger partial charge >= 0.3 is 12.1 Å². The summed E-state index contributed by atoms with van der Waals surface area (Å²) in [6.07, 6.45) is -1.47. The number of ether oxygens (including phenoxy) is 2. The van der Waals surface area contributed by atoms with Gasteiger partial charge in [-0.3, -0.25) is 0 Å². The second kappa shape index (κ2) is 15.5. The van der Waals surface area contributed by atoms with Crippen LogP contribution in [-0.4, -0.2) is 46.6 Å². The van der Waals surface area contributed by atoms with Crippen molar-refractivity contribution < 1.29 is 32.4 Å². The molecular weight excluding hydrogens is 641 g/mol. The number of methoxy groups -OCH3 is 1. The van der Waals surface area contributed by atoms with E-state index in [1.54, 1.807) is 20.8 Å². The van der Waals surface area contributed by atoms with Crippen molar-refractivity contribution in [2.45, 2.75) is 156 Å². The van der Waals surface area contributed by atoms with Crippen LogP contribution in [0.2, 0.25) is 34.8 Å². The third-order valence-corrected chi connectivity index (χ3v) is 20.1. The topological polar surface area (TPSA) is 109 Å². The Hall–Kier alpha value is -2.64. The number of hydrogen-bond donors (Lipinski definition) is 1. The Bertz CT molecular complexity index is 1380. The van der Waals surface area contributed by atoms with E-state index in [2.05, 4.69) is 98.0 Å². The number of aromatic nitrogens is 1. The van der Waals surface area contributed by atoms with Gasteiger partial charge in [0.2, 0.25) is 0 Å². The van der Waals surface area contributed by atoms with E-state index in [1.807, 2.05) is 26.8 Å². The molecule has 0 bridgehead atoms. The minimum Gasteiger partial charge on any atom is -0.542 e. The fourth-order valence-corrected chi connectivity index (χ4v) is 12.7. The van der Waals surface area contributed by atoms with Crippen molar-refractivity contribution in [3.8, 4) is 5.75 Å². The number of nitrogens with one attached hydrogen (secondary N) is 1. The molecule has 1 aromatic heterocycles. The van der Waals surface area contributed by atoms with Crippen molar-refractivity contribution in [2.75, 3.05) is 7.11 Å². The standard InChI is InChI=1S/C37H64N2O7Si2/c1-22(2)30(38-35(41)43-36(10,11)12)31-29(34(40)42-16)33(44-39-31)32(46-47(17,18)37(13,14)15)27-21-26(9)19-20-28(27)45-48(23(3)4,24(5)6)25(7)8/h19-25,30,32H,1-18H3,(H,38,41). The van der Waals surface area contributed by atoms with E-state index in [1.165, 1.54) is 7.11 Å². The van der Waals surface area contributed by atoms with Crippen molar-refractivity contribution in [3.05, 3.63) is 46.3 Å². The number of hydrogen-bond acceptors (Lipinski definition) is 8. The van der Waals surface area contributed by atoms with Crippen LogP contribution in [-0.2, 0) is 13.9 Å². The molecule has 2 aromatic rings. The van der Waals surface area contributed by atoms with Gasteiger partial charge in [0.05, 0.1) is 13.2 Å². The number of benzene rings is 1. The molecule has 0 saturated heterocycles. The summed E-state index contributed by atoms with van der Waals surface area (Å²) in [6.45, 7) is 35.7. The quantitative estimate of drug-likeness (QED) is 0.162. The first-order valence-corrected chi connectivity index (χ1v) is 22.4. The molecular formula is C37H64N2O7Si2. The summed E-state index contributed by atoms with van der Waals surface area (Å²) in [5.41, 5.74) is 2.45. The smallest absolute Gasteiger partial charge is 0.408 e. The zero-order valence-corrected chi connectivity index (χ0v) is 35.0. The number of carbonyl (C=O) groups excluding carboxylic acids is 2. The van der Waals surface area contributed by atoms with Gasteiger partial charge in [0.25, 0.3) is 8.32 Å². The van der Waals surface area contributed by atoms with Crippen LogP contribution in [0.25, 0.3) is 0 Å². The van der Waals surface area contributed by atoms with Gasteiger partial charge in [-0.1, -0.05) is 92.9 Å². The first-order valence-electron chi connectivity index (χ1n) is 17.3. The van der Waals surface area contributed by atoms with Crippen LogP contribution in [0.4, 0.5) is 4.79 Å². The highest BCUT2D eigenvalue weighted by molar-refractivity contribution is 6.78. The maximum atomic E-state index is 13.8. The van der Waals surface area contributed by atoms with Crippen molar-refractivity contribution in [1.82, 2.24) is 10.5 Å². The van der Waals surface area contributed by atoms with E-state index in [0.29, 0.717) is 22.4 Å². The first kappa shape index (κ1) is 41.5. The van der Waals surface area contributed by atoms with Crippen LogP contribution < -0.4 is 9.74 Å². The summed E-state index contributed by atoms with van der Waals surface area (Å²) in [7, 11) is -3.62. The molecule has 9 nitrogen and oxygen atoms in total. The molecule has 0 saturated carbocycles. The minimum atomic E-state index is -2.53. The van der Waals surface area contributed by atoms with E-state index in [-0.39, 0.29) is 28.0 Å². The number of amides is 1. The highest BCUT2D eigenvalue weighted by Crippen LogP contribution is 2.48. The molecule has 2 unspecified atom stereocenters. The van der Waals surface area contributed by atoms with Crippen molar-refractivity contribution in [1.29, 1.82) is 0 Å². The van der Waals surface area contributed by atoms with E-state index in [0.717, 1.165) is 11.1 Å². The summed E-state index contributed by atoms with van der Waals surface area (Å²) < 4.78 is 31.6. The van der Waals surface area contributed by atoms with E-state index < -0.39 is 46.4 Å². The van der Waals surface area contributed by atoms with Gasteiger partial charge in [-0.2, -0.15) is 0 Å². The van der Waals surface area contributed by atoms with E-state index >= 15 is 0 Å². The average Bonchev–Trinajstić information content (AvgIpc) is 3.35. The highest BCUT2D eigenvalue weighted by atomic mass is 28.4. The molecule has 0 spiro atoms. The molecule has 11 heteroatoms. The molecule has 1 N–H and O–H groups in total. The molecule has 1 aromatic carbocycles. The molecule has 2 atom stereocenters. The summed E-state index contributed by atoms with van der Waals surface area (Å²) in [5.74, 6) is 0.131. The molecule has 272 valence electrons. The first-order chi connectivity index (χ1) is 21.8. The summed E-state index contributed by atoms with van der Waals surface area (Å²) in [5, 5.41) is 7.21. The summed E-state index contributed by atoms with van der Waals surface area (Å²) >= 11 is 0. The van der Waals surface area contributed by atoms with Gasteiger partial charge in [-0.25, -0.2) is 9.59 Å². The maximum absolute atomic E-state index is 13.8. The molecule has 48 heavy (non-hydrogen) atoms. The van der Waals surface area contributed by atoms with Crippen LogP contribution >= 0.6 is 0 Å². The van der Waals surface area contributed by atoms with Crippen LogP contribution in [0.5, 0.6) is 5.75 Å². The molecule has 2 rings (SSSR count). The molecule has 0 radical (unpaired) electrons. The number of alkyl carbamates (subject to hydrolysis) is 1. The van der Waals surface area contributed by atoms with Gasteiger partial charge in [0.1, 0.15) is 28.7 Å². The second-order valence-electron chi connectivity index (χ2n) is 16.9. The zero-order valence-electron chi connectivity index (χ0n) is 33.0. The van der Waals surface area contributed by atoms with Crippen LogP contribution in [0, 0.1) is 12.8 Å². The second-order valence-corrected chi connectivity index (χ2v) is 27.0. The SMILES string of the molecule is COC(=O)c1c(C(NC(=O)OC(C)(C)C)C(C)C)noc1C(O[Si](C)(C)C(C)(C)C)c1cc(C)ccc1O[Si](C(C)C)(C(C)C)C(C)C. The Morgan fingerprint density at radius 2 is 1.44 bits per heavy atom. The lowest BCUT2D eigenvalue weighted by Crippen LogP contribution is -2.51. The van der Waals surface area contributed by atoms with Crippen molar-refractivity contribution in [3.63, 3.8) is 0 Å². The fraction of sp³-hybridized carbons (Fsp3) is 0.703. The molecule has 0 aliphatic carbocycles. The van der Waals surface area contributed by atoms with Crippen LogP contribution in [0.1, 0.15) is 142 Å². The normalized spacial score (nSPS) is 14.5. The third kappa shape index (κ3) is 9.32. The number of nitrogens with zero attached hydrogens (tertiary/aromatic N) is 1. The predicted octanol–water partition coefficient (Wildman–Crippen LogP) is 10.7. The molecule has 0 fully saturated rings. The van der Waals surface area contributed by atoms with E-state index in [4.69, 9.17) is 22.8 Å². The molecule has 1 amide bonds. The summed E-state index contributed by atoms with van der Waals surface area (Å²) in [4.78, 5) is 26.8. The van der Waals surface area contributed by atoms with Gasteiger partial charge in [0.15, 0.2) is 14.1 Å². The Morgan fingerprint density at radius 3 is 1.88 bits per heavy atom. The van der Waals surface area contributed by atoms with Crippen LogP contribution in [0.3, 0.4) is 0 Å². The minimum absolute atomic E-state index is 0.128. The zero-order chi connectivity index (χ0) is 37.2. The Morgan fingerprint density at radius 1 is 0.896 bits per heavy atom. The fourth-order valence-electron chi connectivity index (χ4n) is 6.24. The van der Waals surface area contributed by atoms with Gasteiger partial charge in [-0.05, 0) is 80.5 Å². The Balaban J connectivity index is 3.00. The highest BCUT2D eigenvalue weighted by Gasteiger charge is 2.49. The number of rotatable bonds is 13. The maximum Gasteiger partial charge on any atom is 0.408 e. The molecule has 0 aliphatic heterocycles. The average molecular weight is 705 g/mol. The molecule has 0 aliphatic rings. The lowest BCUT2D eigenvalue weighted by molar-refractivity contribution is 0.0481. The third-order valence-electron chi connectivity index (χ3n) is 9.67. The lowest BCUT2D eigenvalue weighted by atomic mass is 9.94. The van der Waals surface area contributed by atoms with Gasteiger partial charge < -0.3 is 28.2 Å². The number of carbonyl (C=O) groups is 2. The Labute approximate surface area is 292 Å². The lowest BCUT2D eigenvalue weighted by Gasteiger charge is -2.43. The van der Waals surface area contributed by atoms with Crippen LogP contribution in [0.15, 0.2) is 22.7 Å². The Kier molecular flexibility index (Phi) is 13.4. The van der Waals surface area contributed by atoms with Crippen molar-refractivity contribution >= 4 is 28.7 Å². The molecule has 1 heterocycles. The number of esters is 1. The summed E-state index contributed by atoms with van der Waals surface area (Å²) in [6, 6.07) is 5.43. The predicted molar refractivity (Wildman–Crippen MR) is 198 cm³/mol. The van der Waals surface area contributed by atoms with Gasteiger partial charge in [0, 0.05) is 5.56 Å². The van der Waals surface area contributed by atoms with Gasteiger partial charge in [-0.15, -0.1) is 0 Å². The van der Waals surface area contributed by atoms with Crippen molar-refractivity contribution in [2.24, 2.45) is 5.92 Å². The van der Waals surface area contributed by atoms with E-state index in [9.17, 15) is 9.59 Å². The largest absolute Gasteiger partial charge is 0.542 e.